The van der Waals surface area contributed by atoms with E-state index in [0.717, 1.165) is 19.3 Å². The summed E-state index contributed by atoms with van der Waals surface area (Å²) in [5.74, 6) is -0.368. The van der Waals surface area contributed by atoms with Crippen molar-refractivity contribution in [3.05, 3.63) is 12.2 Å². The van der Waals surface area contributed by atoms with Gasteiger partial charge in [-0.05, 0) is 19.3 Å². The molecule has 2 atom stereocenters. The van der Waals surface area contributed by atoms with Crippen LogP contribution in [0, 0.1) is 5.92 Å². The molecular formula is C9H14O3. The Morgan fingerprint density at radius 3 is 2.92 bits per heavy atom. The molecule has 0 amide bonds. The lowest BCUT2D eigenvalue weighted by Gasteiger charge is -2.06. The van der Waals surface area contributed by atoms with E-state index in [9.17, 15) is 9.90 Å². The molecule has 0 heterocycles. The van der Waals surface area contributed by atoms with E-state index in [2.05, 4.69) is 4.74 Å². The summed E-state index contributed by atoms with van der Waals surface area (Å²) >= 11 is 0. The molecule has 3 nitrogen and oxygen atoms in total. The fourth-order valence-corrected chi connectivity index (χ4v) is 1.35. The van der Waals surface area contributed by atoms with Gasteiger partial charge in [0.15, 0.2) is 0 Å². The average Bonchev–Trinajstić information content (AvgIpc) is 2.29. The lowest BCUT2D eigenvalue weighted by Crippen LogP contribution is -2.12. The van der Waals surface area contributed by atoms with Gasteiger partial charge in [0.25, 0.3) is 0 Å². The quantitative estimate of drug-likeness (QED) is 0.469. The van der Waals surface area contributed by atoms with Gasteiger partial charge in [-0.2, -0.15) is 0 Å². The second-order valence-corrected chi connectivity index (χ2v) is 3.01. The summed E-state index contributed by atoms with van der Waals surface area (Å²) in [6.45, 7) is 0. The van der Waals surface area contributed by atoms with Crippen molar-refractivity contribution in [1.82, 2.24) is 0 Å². The third-order valence-electron chi connectivity index (χ3n) is 2.08. The third-order valence-corrected chi connectivity index (χ3v) is 2.08. The molecule has 0 fully saturated rings. The Labute approximate surface area is 72.0 Å². The van der Waals surface area contributed by atoms with Crippen LogP contribution < -0.4 is 0 Å². The van der Waals surface area contributed by atoms with Crippen LogP contribution in [0.2, 0.25) is 0 Å². The van der Waals surface area contributed by atoms with Crippen molar-refractivity contribution in [2.75, 3.05) is 7.11 Å². The summed E-state index contributed by atoms with van der Waals surface area (Å²) in [6, 6.07) is 0. The highest BCUT2D eigenvalue weighted by Gasteiger charge is 2.18. The number of carbonyl (C=O) groups excluding carboxylic acids is 1. The average molecular weight is 170 g/mol. The van der Waals surface area contributed by atoms with Gasteiger partial charge in [0.05, 0.1) is 19.1 Å². The highest BCUT2D eigenvalue weighted by molar-refractivity contribution is 5.74. The van der Waals surface area contributed by atoms with Gasteiger partial charge < -0.3 is 9.84 Å². The lowest BCUT2D eigenvalue weighted by molar-refractivity contribution is -0.143. The number of carbonyl (C=O) groups is 1. The Morgan fingerprint density at radius 2 is 2.25 bits per heavy atom. The Hall–Kier alpha value is -0.830. The number of esters is 1. The van der Waals surface area contributed by atoms with E-state index in [1.807, 2.05) is 0 Å². The molecule has 1 N–H and O–H groups in total. The van der Waals surface area contributed by atoms with E-state index in [0.29, 0.717) is 0 Å². The fourth-order valence-electron chi connectivity index (χ4n) is 1.35. The largest absolute Gasteiger partial charge is 0.469 e. The molecule has 0 spiro atoms. The Bertz CT molecular complexity index is 186. The first-order valence-electron chi connectivity index (χ1n) is 4.18. The predicted octanol–water partition coefficient (Wildman–Crippen LogP) is 0.877. The van der Waals surface area contributed by atoms with E-state index >= 15 is 0 Å². The van der Waals surface area contributed by atoms with Crippen LogP contribution in [-0.4, -0.2) is 24.3 Å². The SMILES string of the molecule is COC(=O)C1C=CC(O)CCC1. The van der Waals surface area contributed by atoms with Crippen molar-refractivity contribution in [3.63, 3.8) is 0 Å². The fraction of sp³-hybridized carbons (Fsp3) is 0.667. The van der Waals surface area contributed by atoms with Crippen molar-refractivity contribution in [3.8, 4) is 0 Å². The van der Waals surface area contributed by atoms with Gasteiger partial charge in [0, 0.05) is 0 Å². The highest BCUT2D eigenvalue weighted by Crippen LogP contribution is 2.18. The predicted molar refractivity (Wildman–Crippen MR) is 44.5 cm³/mol. The van der Waals surface area contributed by atoms with Crippen LogP contribution >= 0.6 is 0 Å². The molecule has 3 heteroatoms. The summed E-state index contributed by atoms with van der Waals surface area (Å²) in [5, 5.41) is 9.22. The molecule has 0 saturated heterocycles. The van der Waals surface area contributed by atoms with Gasteiger partial charge in [0.1, 0.15) is 0 Å². The second kappa shape index (κ2) is 4.26. The lowest BCUT2D eigenvalue weighted by atomic mass is 10.0. The molecule has 0 aromatic rings. The van der Waals surface area contributed by atoms with E-state index in [-0.39, 0.29) is 18.0 Å². The number of ether oxygens (including phenoxy) is 1. The molecule has 0 saturated carbocycles. The normalized spacial score (nSPS) is 29.5. The number of aliphatic hydroxyl groups is 1. The van der Waals surface area contributed by atoms with Gasteiger partial charge in [-0.25, -0.2) is 0 Å². The molecule has 68 valence electrons. The van der Waals surface area contributed by atoms with E-state index in [4.69, 9.17) is 0 Å². The first-order valence-corrected chi connectivity index (χ1v) is 4.18. The molecule has 0 aliphatic heterocycles. The zero-order chi connectivity index (χ0) is 8.97. The molecule has 1 aliphatic rings. The van der Waals surface area contributed by atoms with Crippen LogP contribution in [0.25, 0.3) is 0 Å². The summed E-state index contributed by atoms with van der Waals surface area (Å²) in [7, 11) is 1.39. The van der Waals surface area contributed by atoms with Crippen molar-refractivity contribution < 1.29 is 14.6 Å². The first kappa shape index (κ1) is 9.26. The molecule has 0 radical (unpaired) electrons. The van der Waals surface area contributed by atoms with Crippen LogP contribution in [0.1, 0.15) is 19.3 Å². The monoisotopic (exact) mass is 170 g/mol. The number of hydrogen-bond donors (Lipinski definition) is 1. The Balaban J connectivity index is 2.54. The van der Waals surface area contributed by atoms with Crippen LogP contribution in [0.3, 0.4) is 0 Å². The van der Waals surface area contributed by atoms with Gasteiger partial charge in [0.2, 0.25) is 0 Å². The van der Waals surface area contributed by atoms with Gasteiger partial charge in [-0.15, -0.1) is 0 Å². The smallest absolute Gasteiger partial charge is 0.312 e. The Morgan fingerprint density at radius 1 is 1.50 bits per heavy atom. The van der Waals surface area contributed by atoms with Crippen LogP contribution in [0.4, 0.5) is 0 Å². The van der Waals surface area contributed by atoms with E-state index in [1.54, 1.807) is 12.2 Å². The molecular weight excluding hydrogens is 156 g/mol. The van der Waals surface area contributed by atoms with Gasteiger partial charge >= 0.3 is 5.97 Å². The van der Waals surface area contributed by atoms with Crippen molar-refractivity contribution in [2.24, 2.45) is 5.92 Å². The van der Waals surface area contributed by atoms with Crippen molar-refractivity contribution in [1.29, 1.82) is 0 Å². The summed E-state index contributed by atoms with van der Waals surface area (Å²) in [4.78, 5) is 11.1. The minimum absolute atomic E-state index is 0.160. The maximum absolute atomic E-state index is 11.1. The van der Waals surface area contributed by atoms with Crippen LogP contribution in [0.15, 0.2) is 12.2 Å². The maximum Gasteiger partial charge on any atom is 0.312 e. The number of methoxy groups -OCH3 is 1. The summed E-state index contributed by atoms with van der Waals surface area (Å²) in [6.07, 6.45) is 5.41. The summed E-state index contributed by atoms with van der Waals surface area (Å²) in [5.41, 5.74) is 0. The van der Waals surface area contributed by atoms with Crippen molar-refractivity contribution >= 4 is 5.97 Å². The van der Waals surface area contributed by atoms with E-state index in [1.165, 1.54) is 7.11 Å². The number of aliphatic hydroxyl groups excluding tert-OH is 1. The highest BCUT2D eigenvalue weighted by atomic mass is 16.5. The van der Waals surface area contributed by atoms with Gasteiger partial charge in [-0.3, -0.25) is 4.79 Å². The third kappa shape index (κ3) is 2.34. The minimum Gasteiger partial charge on any atom is -0.469 e. The molecule has 1 aliphatic carbocycles. The molecule has 0 aromatic heterocycles. The summed E-state index contributed by atoms with van der Waals surface area (Å²) < 4.78 is 4.61. The van der Waals surface area contributed by atoms with Crippen LogP contribution in [-0.2, 0) is 9.53 Å². The number of hydrogen-bond acceptors (Lipinski definition) is 3. The molecule has 0 bridgehead atoms. The van der Waals surface area contributed by atoms with Crippen LogP contribution in [0.5, 0.6) is 0 Å². The molecule has 1 rings (SSSR count). The van der Waals surface area contributed by atoms with Crippen molar-refractivity contribution in [2.45, 2.75) is 25.4 Å². The molecule has 12 heavy (non-hydrogen) atoms. The topological polar surface area (TPSA) is 46.5 Å². The second-order valence-electron chi connectivity index (χ2n) is 3.01. The molecule has 2 unspecified atom stereocenters. The van der Waals surface area contributed by atoms with E-state index < -0.39 is 0 Å². The van der Waals surface area contributed by atoms with Gasteiger partial charge in [-0.1, -0.05) is 12.2 Å². The maximum atomic E-state index is 11.1. The molecule has 0 aromatic carbocycles. The minimum atomic E-state index is -0.389. The first-order chi connectivity index (χ1) is 5.74. The zero-order valence-electron chi connectivity index (χ0n) is 7.19. The number of rotatable bonds is 1. The Kier molecular flexibility index (Phi) is 3.29. The standard InChI is InChI=1S/C9H14O3/c1-12-9(11)7-3-2-4-8(10)6-5-7/h5-8,10H,2-4H2,1H3. The zero-order valence-corrected chi connectivity index (χ0v) is 7.19.